The van der Waals surface area contributed by atoms with Crippen LogP contribution in [0.2, 0.25) is 0 Å². The highest BCUT2D eigenvalue weighted by Gasteiger charge is 2.74. The normalized spacial score (nSPS) is 49.2. The van der Waals surface area contributed by atoms with Gasteiger partial charge in [-0.1, -0.05) is 107 Å². The van der Waals surface area contributed by atoms with Gasteiger partial charge in [0.2, 0.25) is 17.7 Å². The Bertz CT molecular complexity index is 2430. The maximum Gasteiger partial charge on any atom is 0.328 e. The quantitative estimate of drug-likeness (QED) is 0.124. The minimum atomic E-state index is -1.33. The third-order valence-corrected chi connectivity index (χ3v) is 30.4. The summed E-state index contributed by atoms with van der Waals surface area (Å²) in [7, 11) is 1.70. The molecule has 10 rings (SSSR count). The molecule has 10 aliphatic rings. The molecule has 0 aromatic carbocycles. The zero-order chi connectivity index (χ0) is 56.9. The summed E-state index contributed by atoms with van der Waals surface area (Å²) >= 11 is 0. The zero-order valence-corrected chi connectivity index (χ0v) is 52.1. The van der Waals surface area contributed by atoms with Crippen molar-refractivity contribution in [3.05, 3.63) is 24.3 Å². The fourth-order valence-corrected chi connectivity index (χ4v) is 25.0. The molecule has 22 atom stereocenters. The Morgan fingerprint density at radius 2 is 0.885 bits per heavy atom. The second kappa shape index (κ2) is 19.5. The van der Waals surface area contributed by atoms with Gasteiger partial charge in [0.05, 0.1) is 10.8 Å². The van der Waals surface area contributed by atoms with Crippen LogP contribution in [0.5, 0.6) is 0 Å². The van der Waals surface area contributed by atoms with Gasteiger partial charge < -0.3 is 26.4 Å². The molecular formula is C69H112N4O5. The molecule has 10 fully saturated rings. The number of amides is 3. The zero-order valence-electron chi connectivity index (χ0n) is 52.1. The molecule has 10 aliphatic carbocycles. The van der Waals surface area contributed by atoms with Gasteiger partial charge in [0.15, 0.2) is 0 Å². The summed E-state index contributed by atoms with van der Waals surface area (Å²) < 4.78 is 0. The fraction of sp³-hybridized carbons (Fsp3) is 0.884. The van der Waals surface area contributed by atoms with E-state index in [2.05, 4.69) is 131 Å². The van der Waals surface area contributed by atoms with Crippen molar-refractivity contribution in [1.29, 1.82) is 0 Å². The number of carboxylic acid groups (broad SMARTS) is 1. The van der Waals surface area contributed by atoms with Crippen molar-refractivity contribution < 1.29 is 24.3 Å². The smallest absolute Gasteiger partial charge is 0.328 e. The summed E-state index contributed by atoms with van der Waals surface area (Å²) in [6, 6.07) is -2.19. The highest BCUT2D eigenvalue weighted by molar-refractivity contribution is 5.90. The number of rotatable bonds is 12. The minimum absolute atomic E-state index is 0.0401. The second-order valence-electron chi connectivity index (χ2n) is 32.9. The Hall–Kier alpha value is -2.68. The van der Waals surface area contributed by atoms with Crippen LogP contribution >= 0.6 is 0 Å². The number of carbonyl (C=O) groups excluding carboxylic acids is 3. The molecule has 0 aromatic heterocycles. The van der Waals surface area contributed by atoms with E-state index >= 15 is 9.59 Å². The summed E-state index contributed by atoms with van der Waals surface area (Å²) in [4.78, 5) is 57.6. The molecule has 22 unspecified atom stereocenters. The van der Waals surface area contributed by atoms with Gasteiger partial charge in [-0.15, -0.1) is 0 Å². The highest BCUT2D eigenvalue weighted by atomic mass is 16.4. The molecule has 10 saturated carbocycles. The predicted octanol–water partition coefficient (Wildman–Crippen LogP) is 14.0. The molecular weight excluding hydrogens is 965 g/mol. The maximum absolute atomic E-state index is 15.2. The Balaban J connectivity index is 0.811. The van der Waals surface area contributed by atoms with Crippen LogP contribution < -0.4 is 21.3 Å². The number of hydrogen-bond donors (Lipinski definition) is 5. The van der Waals surface area contributed by atoms with Crippen LogP contribution in [0.15, 0.2) is 24.3 Å². The van der Waals surface area contributed by atoms with E-state index < -0.39 is 34.8 Å². The van der Waals surface area contributed by atoms with E-state index in [0.717, 1.165) is 93.5 Å². The van der Waals surface area contributed by atoms with Gasteiger partial charge >= 0.3 is 5.97 Å². The van der Waals surface area contributed by atoms with Gasteiger partial charge in [0.1, 0.15) is 12.1 Å². The topological polar surface area (TPSA) is 137 Å². The number of carbonyl (C=O) groups is 4. The molecule has 0 heterocycles. The number of allylic oxidation sites excluding steroid dienone is 2. The van der Waals surface area contributed by atoms with E-state index in [1.807, 2.05) is 0 Å². The van der Waals surface area contributed by atoms with Crippen LogP contribution in [-0.4, -0.2) is 61.0 Å². The Labute approximate surface area is 474 Å². The van der Waals surface area contributed by atoms with E-state index in [1.54, 1.807) is 7.05 Å². The molecule has 5 N–H and O–H groups in total. The second-order valence-corrected chi connectivity index (χ2v) is 32.9. The van der Waals surface area contributed by atoms with Crippen molar-refractivity contribution in [3.8, 4) is 0 Å². The Kier molecular flexibility index (Phi) is 14.6. The lowest BCUT2D eigenvalue weighted by atomic mass is 9.32. The molecule has 0 radical (unpaired) electrons. The maximum atomic E-state index is 15.2. The number of nitrogens with one attached hydrogen (secondary N) is 4. The lowest BCUT2D eigenvalue weighted by molar-refractivity contribution is -0.240. The van der Waals surface area contributed by atoms with Crippen molar-refractivity contribution >= 4 is 23.7 Å². The summed E-state index contributed by atoms with van der Waals surface area (Å²) in [6.07, 6.45) is 22.2. The molecule has 438 valence electrons. The van der Waals surface area contributed by atoms with Crippen molar-refractivity contribution in [2.75, 3.05) is 20.1 Å². The van der Waals surface area contributed by atoms with Crippen molar-refractivity contribution in [2.45, 2.75) is 237 Å². The first-order chi connectivity index (χ1) is 36.3. The molecule has 3 amide bonds. The molecule has 9 heteroatoms. The van der Waals surface area contributed by atoms with Crippen LogP contribution in [-0.2, 0) is 19.2 Å². The summed E-state index contributed by atoms with van der Waals surface area (Å²) in [6.45, 7) is 44.4. The standard InChI is InChI=1S/C69H112N4O5/c1-40(2)44-24-32-68(36-34-64(13)46(54(44)68)18-20-52-62(11)28-22-42(5)60(7,8)50(62)26-30-66(52,64)15)58(77)71-38-48(70-17)56(74)73-49(57(75)76)39-72-59(78)69-33-25-45(41(3)4)55(69)47-19-21-53-63(12)29-23-43(6)61(9,10)51(63)27-31-67(53,16)65(47,14)35-37-69/h42-55,70H,1,3,18-39H2,2,4-17H3,(H,71,77)(H,72,78)(H,73,74)(H,75,76). The number of aliphatic carboxylic acids is 1. The molecule has 0 aliphatic heterocycles. The van der Waals surface area contributed by atoms with Gasteiger partial charge in [-0.3, -0.25) is 14.4 Å². The Morgan fingerprint density at radius 1 is 0.487 bits per heavy atom. The van der Waals surface area contributed by atoms with Gasteiger partial charge in [-0.05, 0) is 264 Å². The van der Waals surface area contributed by atoms with Crippen molar-refractivity contribution in [3.63, 3.8) is 0 Å². The summed E-state index contributed by atoms with van der Waals surface area (Å²) in [5.74, 6) is 4.22. The lowest BCUT2D eigenvalue weighted by Crippen LogP contribution is -2.67. The number of likely N-dealkylation sites (N-methyl/N-ethyl adjacent to an activating group) is 1. The van der Waals surface area contributed by atoms with E-state index in [9.17, 15) is 14.7 Å². The average molecular weight is 1080 g/mol. The van der Waals surface area contributed by atoms with Crippen LogP contribution in [0, 0.1) is 125 Å². The number of carboxylic acids is 1. The van der Waals surface area contributed by atoms with E-state index in [4.69, 9.17) is 0 Å². The summed E-state index contributed by atoms with van der Waals surface area (Å²) in [5.41, 5.74) is 3.08. The van der Waals surface area contributed by atoms with E-state index in [0.29, 0.717) is 45.3 Å². The third-order valence-electron chi connectivity index (χ3n) is 30.4. The highest BCUT2D eigenvalue weighted by Crippen LogP contribution is 2.80. The lowest BCUT2D eigenvalue weighted by Gasteiger charge is -2.73. The van der Waals surface area contributed by atoms with E-state index in [-0.39, 0.29) is 70.2 Å². The van der Waals surface area contributed by atoms with E-state index in [1.165, 1.54) is 69.8 Å². The largest absolute Gasteiger partial charge is 0.480 e. The average Bonchev–Trinajstić information content (AvgIpc) is 2.54. The minimum Gasteiger partial charge on any atom is -0.480 e. The molecule has 9 nitrogen and oxygen atoms in total. The van der Waals surface area contributed by atoms with Gasteiger partial charge in [0.25, 0.3) is 0 Å². The molecule has 0 bridgehead atoms. The monoisotopic (exact) mass is 1080 g/mol. The van der Waals surface area contributed by atoms with Gasteiger partial charge in [-0.2, -0.15) is 0 Å². The SMILES string of the molecule is C=C(C)C1CCC2(C(=O)NCC(NC(=O)C(CNC(=O)C34CCC(C(=C)C)C3C3CCC5C6(C)CCC(C)C(C)(C)C6CCC5(C)C3(C)CC4)NC)C(=O)O)CCC3(C)C(CCC4C5(C)CCC(C)C(C)(C)C5CCC43C)C12. The van der Waals surface area contributed by atoms with Crippen LogP contribution in [0.4, 0.5) is 0 Å². The van der Waals surface area contributed by atoms with Crippen LogP contribution in [0.3, 0.4) is 0 Å². The third kappa shape index (κ3) is 7.97. The Morgan fingerprint density at radius 3 is 1.26 bits per heavy atom. The van der Waals surface area contributed by atoms with Crippen molar-refractivity contribution in [1.82, 2.24) is 21.3 Å². The van der Waals surface area contributed by atoms with Gasteiger partial charge in [0, 0.05) is 13.1 Å². The predicted molar refractivity (Wildman–Crippen MR) is 315 cm³/mol. The molecule has 0 spiro atoms. The molecule has 0 aromatic rings. The molecule has 0 saturated heterocycles. The fourth-order valence-electron chi connectivity index (χ4n) is 25.0. The first-order valence-corrected chi connectivity index (χ1v) is 32.4. The first kappa shape index (κ1) is 58.5. The van der Waals surface area contributed by atoms with Crippen LogP contribution in [0.25, 0.3) is 0 Å². The number of hydrogen-bond acceptors (Lipinski definition) is 5. The number of fused-ring (bicyclic) bond motifs is 14. The van der Waals surface area contributed by atoms with Gasteiger partial charge in [-0.25, -0.2) is 4.79 Å². The van der Waals surface area contributed by atoms with Crippen molar-refractivity contribution in [2.24, 2.45) is 125 Å². The molecule has 78 heavy (non-hydrogen) atoms. The summed E-state index contributed by atoms with van der Waals surface area (Å²) in [5, 5.41) is 23.1. The van der Waals surface area contributed by atoms with Crippen LogP contribution in [0.1, 0.15) is 225 Å². The first-order valence-electron chi connectivity index (χ1n) is 32.4.